The number of benzene rings is 3. The highest BCUT2D eigenvalue weighted by Crippen LogP contribution is 2.49. The van der Waals surface area contributed by atoms with Crippen LogP contribution < -0.4 is 29.1 Å². The van der Waals surface area contributed by atoms with Crippen LogP contribution in [0.25, 0.3) is 11.0 Å². The molecule has 366 valence electrons. The smallest absolute Gasteiger partial charge is 0.297 e. The van der Waals surface area contributed by atoms with Gasteiger partial charge in [0.2, 0.25) is 0 Å². The van der Waals surface area contributed by atoms with E-state index >= 15 is 0 Å². The summed E-state index contributed by atoms with van der Waals surface area (Å²) in [6, 6.07) is 20.1. The van der Waals surface area contributed by atoms with Gasteiger partial charge in [0.05, 0.1) is 33.6 Å². The summed E-state index contributed by atoms with van der Waals surface area (Å²) in [5, 5.41) is 26.9. The van der Waals surface area contributed by atoms with Gasteiger partial charge in [-0.15, -0.1) is 0 Å². The van der Waals surface area contributed by atoms with Crippen molar-refractivity contribution in [3.8, 4) is 23.1 Å². The molecule has 2 aliphatic carbocycles. The van der Waals surface area contributed by atoms with E-state index in [-0.39, 0.29) is 65.0 Å². The van der Waals surface area contributed by atoms with Gasteiger partial charge in [0.25, 0.3) is 27.5 Å². The minimum atomic E-state index is -4.70. The number of pyridine rings is 1. The number of likely N-dealkylation sites (tertiary alicyclic amines) is 1. The first-order chi connectivity index (χ1) is 33.1. The summed E-state index contributed by atoms with van der Waals surface area (Å²) in [7, 11) is -4.70. The maximum atomic E-state index is 14.3. The monoisotopic (exact) mass is 961 g/mol. The van der Waals surface area contributed by atoms with Crippen LogP contribution in [0, 0.1) is 21.4 Å². The third-order valence-electron chi connectivity index (χ3n) is 15.6. The number of aromatic nitrogens is 2. The average molecular weight is 962 g/mol. The van der Waals surface area contributed by atoms with E-state index < -0.39 is 37.0 Å². The zero-order chi connectivity index (χ0) is 48.2. The summed E-state index contributed by atoms with van der Waals surface area (Å²) < 4.78 is 48.7. The summed E-state index contributed by atoms with van der Waals surface area (Å²) in [5.41, 5.74) is 3.38. The fraction of sp³-hybridized carbons (Fsp3) is 0.500. The Bertz CT molecular complexity index is 2860. The molecule has 16 nitrogen and oxygen atoms in total. The number of hydrogen-bond donors (Lipinski definition) is 4. The highest BCUT2D eigenvalue weighted by atomic mass is 32.2. The molecule has 3 atom stereocenters. The summed E-state index contributed by atoms with van der Waals surface area (Å²) >= 11 is 0. The number of aromatic amines is 1. The van der Waals surface area contributed by atoms with Crippen LogP contribution in [-0.4, -0.2) is 96.3 Å². The summed E-state index contributed by atoms with van der Waals surface area (Å²) in [5.74, 6) is 0.660. The second-order valence-corrected chi connectivity index (χ2v) is 22.3. The number of ether oxygens (including phenoxy) is 3. The first kappa shape index (κ1) is 46.8. The van der Waals surface area contributed by atoms with Crippen LogP contribution >= 0.6 is 0 Å². The summed E-state index contributed by atoms with van der Waals surface area (Å²) in [6.45, 7) is 12.4. The number of nitrogens with one attached hydrogen (secondary N) is 3. The molecule has 1 amide bonds. The Hall–Kier alpha value is -5.91. The number of carbonyl (C=O) groups excluding carboxylic acids is 1. The second-order valence-electron chi connectivity index (χ2n) is 20.6. The molecule has 2 aromatic heterocycles. The van der Waals surface area contributed by atoms with Crippen molar-refractivity contribution in [1.82, 2.24) is 19.6 Å². The number of nitro groups is 1. The second kappa shape index (κ2) is 18.4. The first-order valence-electron chi connectivity index (χ1n) is 24.6. The molecular formula is C52H63N7O9S. The van der Waals surface area contributed by atoms with Crippen molar-refractivity contribution in [3.05, 3.63) is 99.7 Å². The maximum absolute atomic E-state index is 14.3. The number of carbonyl (C=O) groups is 1. The van der Waals surface area contributed by atoms with Crippen molar-refractivity contribution >= 4 is 44.0 Å². The third kappa shape index (κ3) is 9.32. The van der Waals surface area contributed by atoms with Crippen LogP contribution in [-0.2, 0) is 10.0 Å². The Morgan fingerprint density at radius 2 is 1.78 bits per heavy atom. The SMILES string of the molecule is CCOc1nc2[nH]ccc2cc1Oc1cc(N2CCC3(CC2)CN([C@@H]2CCC[C@@H]2c2ccccc2C(C)C)C3)ccc1C(=O)NS(=O)(=O)c1cc2c(c([N+](=O)[O-])c1)N[C@@H](C1CCC(C)(O)CC1)CO2. The summed E-state index contributed by atoms with van der Waals surface area (Å²) in [6.07, 6.45) is 10.1. The van der Waals surface area contributed by atoms with E-state index in [2.05, 4.69) is 67.9 Å². The Kier molecular flexibility index (Phi) is 12.5. The molecule has 10 rings (SSSR count). The van der Waals surface area contributed by atoms with Crippen LogP contribution in [0.3, 0.4) is 0 Å². The first-order valence-corrected chi connectivity index (χ1v) is 26.1. The van der Waals surface area contributed by atoms with Crippen LogP contribution in [0.15, 0.2) is 77.8 Å². The number of sulfonamides is 1. The number of anilines is 2. The van der Waals surface area contributed by atoms with E-state index in [1.165, 1.54) is 36.5 Å². The van der Waals surface area contributed by atoms with Crippen molar-refractivity contribution in [2.24, 2.45) is 11.3 Å². The molecule has 1 spiro atoms. The number of nitrogens with zero attached hydrogens (tertiary/aromatic N) is 4. The van der Waals surface area contributed by atoms with Gasteiger partial charge in [0, 0.05) is 67.7 Å². The van der Waals surface area contributed by atoms with Gasteiger partial charge in [-0.1, -0.05) is 44.5 Å². The molecule has 5 aliphatic rings. The number of nitro benzene ring substituents is 1. The van der Waals surface area contributed by atoms with Crippen LogP contribution in [0.5, 0.6) is 23.1 Å². The van der Waals surface area contributed by atoms with Gasteiger partial charge in [0.1, 0.15) is 18.0 Å². The predicted octanol–water partition coefficient (Wildman–Crippen LogP) is 9.26. The lowest BCUT2D eigenvalue weighted by atomic mass is 9.70. The number of hydrogen-bond acceptors (Lipinski definition) is 13. The molecule has 3 aliphatic heterocycles. The predicted molar refractivity (Wildman–Crippen MR) is 263 cm³/mol. The number of rotatable bonds is 13. The topological polar surface area (TPSA) is 201 Å². The number of fused-ring (bicyclic) bond motifs is 2. The Morgan fingerprint density at radius 1 is 1.01 bits per heavy atom. The van der Waals surface area contributed by atoms with Crippen molar-refractivity contribution in [2.45, 2.75) is 120 Å². The van der Waals surface area contributed by atoms with E-state index in [9.17, 15) is 28.4 Å². The number of H-pyrrole nitrogens is 1. The molecule has 3 aromatic carbocycles. The molecule has 5 heterocycles. The molecule has 69 heavy (non-hydrogen) atoms. The molecule has 17 heteroatoms. The number of aliphatic hydroxyl groups is 1. The minimum absolute atomic E-state index is 0.00591. The quantitative estimate of drug-likeness (QED) is 0.0643. The van der Waals surface area contributed by atoms with Gasteiger partial charge in [-0.3, -0.25) is 19.8 Å². The molecule has 2 saturated heterocycles. The average Bonchev–Trinajstić information content (AvgIpc) is 4.00. The molecule has 4 fully saturated rings. The van der Waals surface area contributed by atoms with Crippen molar-refractivity contribution in [2.75, 3.05) is 49.6 Å². The standard InChI is InChI=1S/C52H63N7O9S/c1-5-66-50-46(25-34-17-22-53-48(34)55-50)68-44-26-35(57-23-20-52(21-24-57)30-58(31-52)42-12-8-11-39(42)38-10-7-6-9-37(38)32(2)3)13-14-40(44)49(60)56-69(64,65)36-27-43(59(62)63)47-45(28-36)67-29-41(54-47)33-15-18-51(4,61)19-16-33/h6-7,9-10,13-14,17,22,25-28,32-33,39,41-42,54,61H,5,8,11-12,15-16,18-21,23-24,29-31H2,1-4H3,(H,53,55)(H,56,60)/t33?,39-,41-,42-,51?/m1/s1. The van der Waals surface area contributed by atoms with E-state index in [4.69, 9.17) is 14.2 Å². The molecule has 0 radical (unpaired) electrons. The fourth-order valence-electron chi connectivity index (χ4n) is 11.8. The molecule has 5 aromatic rings. The van der Waals surface area contributed by atoms with Crippen molar-refractivity contribution in [1.29, 1.82) is 0 Å². The van der Waals surface area contributed by atoms with Gasteiger partial charge >= 0.3 is 0 Å². The third-order valence-corrected chi connectivity index (χ3v) is 16.9. The van der Waals surface area contributed by atoms with E-state index in [1.54, 1.807) is 37.4 Å². The highest BCUT2D eigenvalue weighted by molar-refractivity contribution is 7.90. The van der Waals surface area contributed by atoms with Gasteiger partial charge in [-0.25, -0.2) is 13.1 Å². The van der Waals surface area contributed by atoms with E-state index in [0.29, 0.717) is 49.2 Å². The zero-order valence-corrected chi connectivity index (χ0v) is 40.6. The lowest BCUT2D eigenvalue weighted by molar-refractivity contribution is -0.384. The number of amides is 1. The highest BCUT2D eigenvalue weighted by Gasteiger charge is 2.49. The van der Waals surface area contributed by atoms with Crippen LogP contribution in [0.1, 0.15) is 119 Å². The lowest BCUT2D eigenvalue weighted by Crippen LogP contribution is -2.63. The maximum Gasteiger partial charge on any atom is 0.297 e. The van der Waals surface area contributed by atoms with E-state index in [0.717, 1.165) is 56.2 Å². The van der Waals surface area contributed by atoms with Gasteiger partial charge in [0.15, 0.2) is 17.2 Å². The van der Waals surface area contributed by atoms with Crippen molar-refractivity contribution in [3.63, 3.8) is 0 Å². The van der Waals surface area contributed by atoms with Gasteiger partial charge < -0.3 is 34.5 Å². The normalized spacial score (nSPS) is 24.6. The fourth-order valence-corrected chi connectivity index (χ4v) is 12.8. The Morgan fingerprint density at radius 3 is 2.52 bits per heavy atom. The molecular weight excluding hydrogens is 899 g/mol. The van der Waals surface area contributed by atoms with Crippen LogP contribution in [0.2, 0.25) is 0 Å². The minimum Gasteiger partial charge on any atom is -0.489 e. The van der Waals surface area contributed by atoms with Crippen LogP contribution in [0.4, 0.5) is 17.1 Å². The molecule has 0 bridgehead atoms. The van der Waals surface area contributed by atoms with Gasteiger partial charge in [-0.2, -0.15) is 4.98 Å². The molecule has 0 unspecified atom stereocenters. The lowest BCUT2D eigenvalue weighted by Gasteiger charge is -2.57. The summed E-state index contributed by atoms with van der Waals surface area (Å²) in [4.78, 5) is 38.3. The molecule has 2 saturated carbocycles. The van der Waals surface area contributed by atoms with E-state index in [1.807, 2.05) is 13.0 Å². The van der Waals surface area contributed by atoms with Gasteiger partial charge in [-0.05, 0) is 124 Å². The number of piperidine rings is 1. The van der Waals surface area contributed by atoms with Crippen molar-refractivity contribution < 1.29 is 37.5 Å². The Labute approximate surface area is 403 Å². The zero-order valence-electron chi connectivity index (χ0n) is 39.8. The largest absolute Gasteiger partial charge is 0.489 e. The molecule has 4 N–H and O–H groups in total. The Balaban J connectivity index is 0.881.